The smallest absolute Gasteiger partial charge is 0.257 e. The average Bonchev–Trinajstić information content (AvgIpc) is 2.38. The summed E-state index contributed by atoms with van der Waals surface area (Å²) < 4.78 is 0. The largest absolute Gasteiger partial charge is 0.389 e. The first-order valence-electron chi connectivity index (χ1n) is 6.02. The predicted molar refractivity (Wildman–Crippen MR) is 81.5 cm³/mol. The fraction of sp³-hybridized carbons (Fsp3) is 0.133. The molecular formula is C15H13Cl2NO2. The van der Waals surface area contributed by atoms with Crippen molar-refractivity contribution in [2.45, 2.75) is 13.0 Å². The zero-order chi connectivity index (χ0) is 14.7. The molecule has 2 aromatic carbocycles. The zero-order valence-corrected chi connectivity index (χ0v) is 12.2. The number of carbonyl (C=O) groups excluding carboxylic acids is 1. The van der Waals surface area contributed by atoms with Gasteiger partial charge >= 0.3 is 0 Å². The highest BCUT2D eigenvalue weighted by Gasteiger charge is 2.11. The Bertz CT molecular complexity index is 642. The van der Waals surface area contributed by atoms with Crippen LogP contribution in [0.2, 0.25) is 10.0 Å². The maximum absolute atomic E-state index is 12.1. The molecule has 3 nitrogen and oxygen atoms in total. The van der Waals surface area contributed by atoms with Gasteiger partial charge in [-0.25, -0.2) is 0 Å². The standard InChI is InChI=1S/C15H13Cl2NO2/c1-9(19)10-3-2-4-12(7-10)18-15(20)13-6-5-11(16)8-14(13)17/h2-9,19H,1H3,(H,18,20). The molecule has 20 heavy (non-hydrogen) atoms. The van der Waals surface area contributed by atoms with Gasteiger partial charge in [0.2, 0.25) is 0 Å². The Labute approximate surface area is 127 Å². The van der Waals surface area contributed by atoms with E-state index in [0.717, 1.165) is 5.56 Å². The van der Waals surface area contributed by atoms with E-state index < -0.39 is 6.10 Å². The van der Waals surface area contributed by atoms with Gasteiger partial charge in [-0.05, 0) is 42.8 Å². The Morgan fingerprint density at radius 2 is 1.95 bits per heavy atom. The van der Waals surface area contributed by atoms with Crippen molar-refractivity contribution in [3.63, 3.8) is 0 Å². The fourth-order valence-electron chi connectivity index (χ4n) is 1.75. The summed E-state index contributed by atoms with van der Waals surface area (Å²) in [5.41, 5.74) is 1.67. The number of halogens is 2. The van der Waals surface area contributed by atoms with Crippen molar-refractivity contribution in [1.82, 2.24) is 0 Å². The van der Waals surface area contributed by atoms with Crippen molar-refractivity contribution >= 4 is 34.8 Å². The molecule has 2 aromatic rings. The Balaban J connectivity index is 2.21. The van der Waals surface area contributed by atoms with E-state index in [2.05, 4.69) is 5.32 Å². The van der Waals surface area contributed by atoms with Gasteiger partial charge in [-0.2, -0.15) is 0 Å². The van der Waals surface area contributed by atoms with Gasteiger partial charge in [0.05, 0.1) is 16.7 Å². The topological polar surface area (TPSA) is 49.3 Å². The van der Waals surface area contributed by atoms with Crippen molar-refractivity contribution < 1.29 is 9.90 Å². The van der Waals surface area contributed by atoms with E-state index >= 15 is 0 Å². The molecule has 0 aliphatic heterocycles. The van der Waals surface area contributed by atoms with E-state index in [9.17, 15) is 9.90 Å². The van der Waals surface area contributed by atoms with Gasteiger partial charge in [0.1, 0.15) is 0 Å². The molecule has 1 unspecified atom stereocenters. The SMILES string of the molecule is CC(O)c1cccc(NC(=O)c2ccc(Cl)cc2Cl)c1. The molecule has 0 radical (unpaired) electrons. The van der Waals surface area contributed by atoms with Gasteiger partial charge in [0.25, 0.3) is 5.91 Å². The molecule has 104 valence electrons. The molecule has 0 aliphatic carbocycles. The van der Waals surface area contributed by atoms with Crippen LogP contribution in [0.15, 0.2) is 42.5 Å². The third kappa shape index (κ3) is 3.51. The van der Waals surface area contributed by atoms with E-state index in [1.807, 2.05) is 0 Å². The molecule has 0 aliphatic rings. The molecule has 0 heterocycles. The number of aliphatic hydroxyl groups excluding tert-OH is 1. The highest BCUT2D eigenvalue weighted by molar-refractivity contribution is 6.37. The van der Waals surface area contributed by atoms with Crippen LogP contribution in [-0.2, 0) is 0 Å². The summed E-state index contributed by atoms with van der Waals surface area (Å²) in [5, 5.41) is 13.0. The summed E-state index contributed by atoms with van der Waals surface area (Å²) in [7, 11) is 0. The van der Waals surface area contributed by atoms with Crippen LogP contribution in [-0.4, -0.2) is 11.0 Å². The summed E-state index contributed by atoms with van der Waals surface area (Å²) in [6, 6.07) is 11.7. The van der Waals surface area contributed by atoms with Gasteiger partial charge in [0, 0.05) is 10.7 Å². The van der Waals surface area contributed by atoms with Crippen molar-refractivity contribution in [3.8, 4) is 0 Å². The van der Waals surface area contributed by atoms with Gasteiger partial charge in [-0.15, -0.1) is 0 Å². The molecule has 5 heteroatoms. The minimum absolute atomic E-state index is 0.293. The maximum Gasteiger partial charge on any atom is 0.257 e. The number of rotatable bonds is 3. The lowest BCUT2D eigenvalue weighted by Crippen LogP contribution is -2.12. The first-order chi connectivity index (χ1) is 9.47. The normalized spacial score (nSPS) is 12.0. The minimum atomic E-state index is -0.592. The number of aliphatic hydroxyl groups is 1. The molecule has 0 saturated heterocycles. The minimum Gasteiger partial charge on any atom is -0.389 e. The summed E-state index contributed by atoms with van der Waals surface area (Å²) in [4.78, 5) is 12.1. The van der Waals surface area contributed by atoms with Crippen LogP contribution in [0, 0.1) is 0 Å². The molecule has 0 fully saturated rings. The lowest BCUT2D eigenvalue weighted by atomic mass is 10.1. The molecule has 2 rings (SSSR count). The van der Waals surface area contributed by atoms with E-state index in [1.54, 1.807) is 43.3 Å². The second-order valence-electron chi connectivity index (χ2n) is 4.38. The summed E-state index contributed by atoms with van der Waals surface area (Å²) >= 11 is 11.8. The number of nitrogens with one attached hydrogen (secondary N) is 1. The number of amides is 1. The number of benzene rings is 2. The first kappa shape index (κ1) is 14.9. The first-order valence-corrected chi connectivity index (χ1v) is 6.77. The third-order valence-electron chi connectivity index (χ3n) is 2.80. The van der Waals surface area contributed by atoms with Crippen molar-refractivity contribution in [1.29, 1.82) is 0 Å². The van der Waals surface area contributed by atoms with E-state index in [4.69, 9.17) is 23.2 Å². The monoisotopic (exact) mass is 309 g/mol. The Kier molecular flexibility index (Phi) is 4.65. The van der Waals surface area contributed by atoms with Crippen LogP contribution in [0.3, 0.4) is 0 Å². The van der Waals surface area contributed by atoms with Gasteiger partial charge in [-0.1, -0.05) is 35.3 Å². The lowest BCUT2D eigenvalue weighted by Gasteiger charge is -2.10. The van der Waals surface area contributed by atoms with Crippen molar-refractivity contribution in [2.75, 3.05) is 5.32 Å². The summed E-state index contributed by atoms with van der Waals surface area (Å²) in [6.45, 7) is 1.66. The Morgan fingerprint density at radius 1 is 1.20 bits per heavy atom. The van der Waals surface area contributed by atoms with Gasteiger partial charge < -0.3 is 10.4 Å². The third-order valence-corrected chi connectivity index (χ3v) is 3.35. The van der Waals surface area contributed by atoms with E-state index in [0.29, 0.717) is 21.3 Å². The number of carbonyl (C=O) groups is 1. The van der Waals surface area contributed by atoms with Crippen LogP contribution in [0.4, 0.5) is 5.69 Å². The van der Waals surface area contributed by atoms with Gasteiger partial charge in [0.15, 0.2) is 0 Å². The fourth-order valence-corrected chi connectivity index (χ4v) is 2.24. The summed E-state index contributed by atoms with van der Waals surface area (Å²) in [6.07, 6.45) is -0.592. The van der Waals surface area contributed by atoms with Crippen LogP contribution in [0.5, 0.6) is 0 Å². The quantitative estimate of drug-likeness (QED) is 0.888. The molecule has 0 spiro atoms. The van der Waals surface area contributed by atoms with Crippen LogP contribution < -0.4 is 5.32 Å². The van der Waals surface area contributed by atoms with E-state index in [-0.39, 0.29) is 5.91 Å². The molecule has 0 aromatic heterocycles. The maximum atomic E-state index is 12.1. The second kappa shape index (κ2) is 6.27. The molecule has 0 saturated carbocycles. The summed E-state index contributed by atoms with van der Waals surface area (Å²) in [5.74, 6) is -0.325. The Hall–Kier alpha value is -1.55. The molecule has 2 N–H and O–H groups in total. The molecular weight excluding hydrogens is 297 g/mol. The average molecular weight is 310 g/mol. The van der Waals surface area contributed by atoms with Crippen LogP contribution in [0.1, 0.15) is 28.9 Å². The number of hydrogen-bond donors (Lipinski definition) is 2. The van der Waals surface area contributed by atoms with Crippen LogP contribution >= 0.6 is 23.2 Å². The lowest BCUT2D eigenvalue weighted by molar-refractivity contribution is 0.102. The number of hydrogen-bond acceptors (Lipinski definition) is 2. The van der Waals surface area contributed by atoms with E-state index in [1.165, 1.54) is 6.07 Å². The van der Waals surface area contributed by atoms with Gasteiger partial charge in [-0.3, -0.25) is 4.79 Å². The zero-order valence-electron chi connectivity index (χ0n) is 10.7. The predicted octanol–water partition coefficient (Wildman–Crippen LogP) is 4.30. The van der Waals surface area contributed by atoms with Crippen molar-refractivity contribution in [2.24, 2.45) is 0 Å². The number of anilines is 1. The van der Waals surface area contributed by atoms with Crippen molar-refractivity contribution in [3.05, 3.63) is 63.6 Å². The second-order valence-corrected chi connectivity index (χ2v) is 5.22. The highest BCUT2D eigenvalue weighted by atomic mass is 35.5. The molecule has 0 bridgehead atoms. The van der Waals surface area contributed by atoms with Crippen LogP contribution in [0.25, 0.3) is 0 Å². The molecule has 1 atom stereocenters. The Morgan fingerprint density at radius 3 is 2.60 bits per heavy atom. The highest BCUT2D eigenvalue weighted by Crippen LogP contribution is 2.23. The molecule has 1 amide bonds.